The molecule has 0 aliphatic carbocycles. The molecule has 2 rings (SSSR count). The van der Waals surface area contributed by atoms with Gasteiger partial charge >= 0.3 is 0 Å². The van der Waals surface area contributed by atoms with Crippen molar-refractivity contribution >= 4 is 5.91 Å². The van der Waals surface area contributed by atoms with Gasteiger partial charge in [-0.05, 0) is 43.4 Å². The summed E-state index contributed by atoms with van der Waals surface area (Å²) in [6, 6.07) is 8.78. The van der Waals surface area contributed by atoms with Crippen LogP contribution < -0.4 is 11.3 Å². The lowest BCUT2D eigenvalue weighted by atomic mass is 10.0. The fraction of sp³-hybridized carbons (Fsp3) is 0.562. The van der Waals surface area contributed by atoms with Crippen LogP contribution >= 0.6 is 0 Å². The van der Waals surface area contributed by atoms with Gasteiger partial charge in [0.1, 0.15) is 0 Å². The molecule has 0 spiro atoms. The first-order valence-electron chi connectivity index (χ1n) is 7.58. The molecule has 0 radical (unpaired) electrons. The minimum absolute atomic E-state index is 0.0600. The summed E-state index contributed by atoms with van der Waals surface area (Å²) in [5, 5.41) is 0. The van der Waals surface area contributed by atoms with Crippen LogP contribution in [0.15, 0.2) is 24.3 Å². The van der Waals surface area contributed by atoms with E-state index in [0.29, 0.717) is 6.42 Å². The highest BCUT2D eigenvalue weighted by Crippen LogP contribution is 2.16. The number of hydrazine groups is 1. The van der Waals surface area contributed by atoms with Gasteiger partial charge in [-0.15, -0.1) is 0 Å². The third-order valence-corrected chi connectivity index (χ3v) is 4.05. The van der Waals surface area contributed by atoms with E-state index in [1.54, 1.807) is 0 Å². The van der Waals surface area contributed by atoms with Gasteiger partial charge < -0.3 is 4.90 Å². The molecule has 4 nitrogen and oxygen atoms in total. The molecular weight excluding hydrogens is 250 g/mol. The number of amides is 1. The minimum Gasteiger partial charge on any atom is -0.303 e. The van der Waals surface area contributed by atoms with E-state index in [2.05, 4.69) is 34.6 Å². The fourth-order valence-electron chi connectivity index (χ4n) is 2.81. The topological polar surface area (TPSA) is 58.4 Å². The van der Waals surface area contributed by atoms with Crippen molar-refractivity contribution in [2.75, 3.05) is 19.6 Å². The Labute approximate surface area is 121 Å². The Morgan fingerprint density at radius 3 is 2.35 bits per heavy atom. The van der Waals surface area contributed by atoms with Crippen molar-refractivity contribution in [2.24, 2.45) is 5.84 Å². The minimum atomic E-state index is -0.0600. The first kappa shape index (κ1) is 15.0. The van der Waals surface area contributed by atoms with Crippen LogP contribution in [0.5, 0.6) is 0 Å². The maximum absolute atomic E-state index is 11.0. The summed E-state index contributed by atoms with van der Waals surface area (Å²) in [4.78, 5) is 13.5. The van der Waals surface area contributed by atoms with Gasteiger partial charge in [-0.25, -0.2) is 5.84 Å². The van der Waals surface area contributed by atoms with Gasteiger partial charge in [0.2, 0.25) is 5.91 Å². The second-order valence-electron chi connectivity index (χ2n) is 5.49. The van der Waals surface area contributed by atoms with E-state index in [-0.39, 0.29) is 5.91 Å². The number of hydrogen-bond donors (Lipinski definition) is 2. The zero-order valence-corrected chi connectivity index (χ0v) is 12.1. The van der Waals surface area contributed by atoms with Gasteiger partial charge in [0, 0.05) is 19.5 Å². The maximum Gasteiger partial charge on any atom is 0.233 e. The smallest absolute Gasteiger partial charge is 0.233 e. The Morgan fingerprint density at radius 1 is 1.10 bits per heavy atom. The van der Waals surface area contributed by atoms with Crippen LogP contribution in [0.3, 0.4) is 0 Å². The molecule has 1 aromatic rings. The molecule has 20 heavy (non-hydrogen) atoms. The lowest BCUT2D eigenvalue weighted by Crippen LogP contribution is -2.29. The fourth-order valence-corrected chi connectivity index (χ4v) is 2.81. The highest BCUT2D eigenvalue weighted by Gasteiger charge is 2.12. The monoisotopic (exact) mass is 275 g/mol. The van der Waals surface area contributed by atoms with Crippen LogP contribution in [-0.2, 0) is 17.6 Å². The second kappa shape index (κ2) is 8.02. The van der Waals surface area contributed by atoms with Crippen molar-refractivity contribution in [3.63, 3.8) is 0 Å². The van der Waals surface area contributed by atoms with Gasteiger partial charge in [0.25, 0.3) is 0 Å². The molecule has 110 valence electrons. The largest absolute Gasteiger partial charge is 0.303 e. The molecule has 1 aliphatic heterocycles. The van der Waals surface area contributed by atoms with Crippen molar-refractivity contribution in [3.05, 3.63) is 35.4 Å². The number of nitrogens with two attached hydrogens (primary N) is 1. The SMILES string of the molecule is NNC(=O)CCCCCN1CCc2ccccc2CC1. The van der Waals surface area contributed by atoms with Crippen molar-refractivity contribution in [1.82, 2.24) is 10.3 Å². The maximum atomic E-state index is 11.0. The molecule has 1 aromatic carbocycles. The zero-order chi connectivity index (χ0) is 14.2. The predicted molar refractivity (Wildman–Crippen MR) is 81.1 cm³/mol. The van der Waals surface area contributed by atoms with Crippen molar-refractivity contribution in [1.29, 1.82) is 0 Å². The Bertz CT molecular complexity index is 406. The predicted octanol–water partition coefficient (Wildman–Crippen LogP) is 1.64. The molecule has 1 amide bonds. The van der Waals surface area contributed by atoms with Crippen molar-refractivity contribution in [2.45, 2.75) is 38.5 Å². The molecular formula is C16H25N3O. The molecule has 0 aromatic heterocycles. The van der Waals surface area contributed by atoms with E-state index in [0.717, 1.165) is 51.7 Å². The van der Waals surface area contributed by atoms with Gasteiger partial charge in [-0.2, -0.15) is 0 Å². The first-order valence-corrected chi connectivity index (χ1v) is 7.58. The Kier molecular flexibility index (Phi) is 6.02. The molecule has 3 N–H and O–H groups in total. The summed E-state index contributed by atoms with van der Waals surface area (Å²) in [5.41, 5.74) is 5.19. The van der Waals surface area contributed by atoms with Gasteiger partial charge in [0.15, 0.2) is 0 Å². The second-order valence-corrected chi connectivity index (χ2v) is 5.49. The van der Waals surface area contributed by atoms with Crippen LogP contribution in [-0.4, -0.2) is 30.4 Å². The van der Waals surface area contributed by atoms with Crippen LogP contribution in [0, 0.1) is 0 Å². The summed E-state index contributed by atoms with van der Waals surface area (Å²) < 4.78 is 0. The highest BCUT2D eigenvalue weighted by molar-refractivity contribution is 5.75. The lowest BCUT2D eigenvalue weighted by Gasteiger charge is -2.19. The summed E-state index contributed by atoms with van der Waals surface area (Å²) >= 11 is 0. The molecule has 0 fully saturated rings. The molecule has 1 aliphatic rings. The number of carbonyl (C=O) groups excluding carboxylic acids is 1. The number of unbranched alkanes of at least 4 members (excludes halogenated alkanes) is 2. The van der Waals surface area contributed by atoms with Gasteiger partial charge in [-0.1, -0.05) is 30.7 Å². The van der Waals surface area contributed by atoms with E-state index < -0.39 is 0 Å². The summed E-state index contributed by atoms with van der Waals surface area (Å²) in [6.07, 6.45) is 6.04. The zero-order valence-electron chi connectivity index (χ0n) is 12.1. The normalized spacial score (nSPS) is 15.4. The first-order chi connectivity index (χ1) is 9.79. The molecule has 0 unspecified atom stereocenters. The third kappa shape index (κ3) is 4.62. The lowest BCUT2D eigenvalue weighted by molar-refractivity contribution is -0.121. The molecule has 0 atom stereocenters. The van der Waals surface area contributed by atoms with Crippen molar-refractivity contribution < 1.29 is 4.79 Å². The van der Waals surface area contributed by atoms with Crippen molar-refractivity contribution in [3.8, 4) is 0 Å². The summed E-state index contributed by atoms with van der Waals surface area (Å²) in [6.45, 7) is 3.44. The molecule has 0 bridgehead atoms. The average molecular weight is 275 g/mol. The number of carbonyl (C=O) groups is 1. The molecule has 1 heterocycles. The quantitative estimate of drug-likeness (QED) is 0.359. The average Bonchev–Trinajstić information content (AvgIpc) is 2.69. The number of rotatable bonds is 6. The van der Waals surface area contributed by atoms with Crippen LogP contribution in [0.2, 0.25) is 0 Å². The van der Waals surface area contributed by atoms with Crippen LogP contribution in [0.4, 0.5) is 0 Å². The highest BCUT2D eigenvalue weighted by atomic mass is 16.2. The van der Waals surface area contributed by atoms with E-state index in [1.807, 2.05) is 0 Å². The third-order valence-electron chi connectivity index (χ3n) is 4.05. The van der Waals surface area contributed by atoms with Gasteiger partial charge in [-0.3, -0.25) is 10.2 Å². The standard InChI is InChI=1S/C16H25N3O/c17-18-16(20)8-2-1-5-11-19-12-9-14-6-3-4-7-15(14)10-13-19/h3-4,6-7H,1-2,5,8-13,17H2,(H,18,20). The molecule has 0 saturated heterocycles. The number of fused-ring (bicyclic) bond motifs is 1. The summed E-state index contributed by atoms with van der Waals surface area (Å²) in [5.74, 6) is 5.00. The Morgan fingerprint density at radius 2 is 1.75 bits per heavy atom. The van der Waals surface area contributed by atoms with Crippen LogP contribution in [0.25, 0.3) is 0 Å². The van der Waals surface area contributed by atoms with Gasteiger partial charge in [0.05, 0.1) is 0 Å². The van der Waals surface area contributed by atoms with Crippen LogP contribution in [0.1, 0.15) is 36.8 Å². The number of benzene rings is 1. The molecule has 0 saturated carbocycles. The molecule has 4 heteroatoms. The van der Waals surface area contributed by atoms with E-state index in [1.165, 1.54) is 11.1 Å². The number of hydrogen-bond acceptors (Lipinski definition) is 3. The number of nitrogens with one attached hydrogen (secondary N) is 1. The Hall–Kier alpha value is -1.39. The van der Waals surface area contributed by atoms with E-state index in [9.17, 15) is 4.79 Å². The number of nitrogens with zero attached hydrogens (tertiary/aromatic N) is 1. The van der Waals surface area contributed by atoms with E-state index >= 15 is 0 Å². The Balaban J connectivity index is 1.65. The van der Waals surface area contributed by atoms with E-state index in [4.69, 9.17) is 5.84 Å². The summed E-state index contributed by atoms with van der Waals surface area (Å²) in [7, 11) is 0.